The predicted molar refractivity (Wildman–Crippen MR) is 109 cm³/mol. The highest BCUT2D eigenvalue weighted by molar-refractivity contribution is 6.00. The Morgan fingerprint density at radius 1 is 1.07 bits per heavy atom. The number of nitrogens with zero attached hydrogens (tertiary/aromatic N) is 3. The molecule has 0 bridgehead atoms. The normalized spacial score (nSPS) is 10.6. The van der Waals surface area contributed by atoms with Gasteiger partial charge in [-0.1, -0.05) is 11.6 Å². The molecule has 1 amide bonds. The lowest BCUT2D eigenvalue weighted by Gasteiger charge is -2.10. The van der Waals surface area contributed by atoms with Gasteiger partial charge in [-0.3, -0.25) is 14.2 Å². The van der Waals surface area contributed by atoms with Gasteiger partial charge in [0.05, 0.1) is 12.7 Å². The largest absolute Gasteiger partial charge is 0.496 e. The molecule has 1 N–H and O–H groups in total. The van der Waals surface area contributed by atoms with Crippen molar-refractivity contribution in [1.29, 1.82) is 0 Å². The van der Waals surface area contributed by atoms with Crippen molar-refractivity contribution in [3.05, 3.63) is 71.4 Å². The number of imidazole rings is 1. The third-order valence-corrected chi connectivity index (χ3v) is 4.61. The van der Waals surface area contributed by atoms with Crippen LogP contribution in [0.1, 0.15) is 40.2 Å². The lowest BCUT2D eigenvalue weighted by Crippen LogP contribution is -2.23. The number of ether oxygens (including phenoxy) is 1. The first-order valence-corrected chi connectivity index (χ1v) is 9.37. The van der Waals surface area contributed by atoms with E-state index < -0.39 is 0 Å². The lowest BCUT2D eigenvalue weighted by atomic mass is 10.0. The van der Waals surface area contributed by atoms with Gasteiger partial charge < -0.3 is 10.1 Å². The number of pyridine rings is 1. The summed E-state index contributed by atoms with van der Waals surface area (Å²) in [6.07, 6.45) is 5.50. The van der Waals surface area contributed by atoms with E-state index in [4.69, 9.17) is 4.74 Å². The van der Waals surface area contributed by atoms with E-state index >= 15 is 0 Å². The molecular formula is C22H24N4O3. The van der Waals surface area contributed by atoms with E-state index in [1.54, 1.807) is 24.5 Å². The molecule has 0 unspecified atom stereocenters. The van der Waals surface area contributed by atoms with E-state index in [2.05, 4.69) is 15.3 Å². The van der Waals surface area contributed by atoms with Crippen molar-refractivity contribution in [2.45, 2.75) is 33.2 Å². The molecule has 0 aliphatic rings. The highest BCUT2D eigenvalue weighted by Crippen LogP contribution is 2.21. The van der Waals surface area contributed by atoms with Gasteiger partial charge in [0.15, 0.2) is 5.78 Å². The first kappa shape index (κ1) is 20.3. The molecule has 0 saturated carbocycles. The Balaban J connectivity index is 1.55. The highest BCUT2D eigenvalue weighted by atomic mass is 16.5. The van der Waals surface area contributed by atoms with Crippen molar-refractivity contribution < 1.29 is 14.3 Å². The Hall–Kier alpha value is -3.48. The van der Waals surface area contributed by atoms with Gasteiger partial charge in [0, 0.05) is 38.0 Å². The molecule has 0 aliphatic heterocycles. The van der Waals surface area contributed by atoms with Crippen LogP contribution < -0.4 is 10.1 Å². The van der Waals surface area contributed by atoms with Crippen molar-refractivity contribution in [2.75, 3.05) is 7.11 Å². The van der Waals surface area contributed by atoms with Crippen LogP contribution in [0.2, 0.25) is 0 Å². The van der Waals surface area contributed by atoms with Crippen molar-refractivity contribution in [3.8, 4) is 11.6 Å². The quantitative estimate of drug-likeness (QED) is 0.595. The minimum atomic E-state index is -0.179. The molecule has 0 saturated heterocycles. The van der Waals surface area contributed by atoms with Gasteiger partial charge in [-0.15, -0.1) is 0 Å². The molecular weight excluding hydrogens is 368 g/mol. The van der Waals surface area contributed by atoms with Crippen LogP contribution in [0.15, 0.2) is 48.9 Å². The first-order chi connectivity index (χ1) is 14.0. The van der Waals surface area contributed by atoms with Crippen molar-refractivity contribution in [1.82, 2.24) is 19.9 Å². The Kier molecular flexibility index (Phi) is 6.39. The van der Waals surface area contributed by atoms with Gasteiger partial charge in [-0.25, -0.2) is 9.97 Å². The molecule has 29 heavy (non-hydrogen) atoms. The number of nitrogens with one attached hydrogen (secondary N) is 1. The van der Waals surface area contributed by atoms with Crippen LogP contribution in [0, 0.1) is 13.8 Å². The zero-order valence-corrected chi connectivity index (χ0v) is 16.8. The fourth-order valence-electron chi connectivity index (χ4n) is 3.01. The molecule has 150 valence electrons. The molecule has 3 aromatic rings. The number of hydrogen-bond acceptors (Lipinski definition) is 5. The fraction of sp³-hybridized carbons (Fsp3) is 0.273. The smallest absolute Gasteiger partial charge is 0.220 e. The number of carbonyl (C=O) groups excluding carboxylic acids is 2. The number of methoxy groups -OCH3 is 1. The highest BCUT2D eigenvalue weighted by Gasteiger charge is 2.14. The van der Waals surface area contributed by atoms with Crippen LogP contribution in [0.25, 0.3) is 5.82 Å². The second-order valence-electron chi connectivity index (χ2n) is 6.77. The lowest BCUT2D eigenvalue weighted by molar-refractivity contribution is -0.121. The number of benzene rings is 1. The standard InChI is InChI=1S/C22H24N4O3/c1-15-4-6-20(29-3)18(12-15)19(27)5-7-22(28)25-14-17-8-9-24-21(13-17)26-11-10-23-16(26)2/h4,6,8-13H,5,7,14H2,1-3H3,(H,25,28). The topological polar surface area (TPSA) is 86.1 Å². The fourth-order valence-corrected chi connectivity index (χ4v) is 3.01. The van der Waals surface area contributed by atoms with Gasteiger partial charge in [0.2, 0.25) is 5.91 Å². The maximum Gasteiger partial charge on any atom is 0.220 e. The van der Waals surface area contributed by atoms with Gasteiger partial charge in [-0.2, -0.15) is 0 Å². The van der Waals surface area contributed by atoms with Crippen LogP contribution in [0.4, 0.5) is 0 Å². The van der Waals surface area contributed by atoms with Gasteiger partial charge in [0.25, 0.3) is 0 Å². The van der Waals surface area contributed by atoms with E-state index in [1.807, 2.05) is 42.8 Å². The third kappa shape index (κ3) is 5.07. The summed E-state index contributed by atoms with van der Waals surface area (Å²) in [7, 11) is 1.53. The Morgan fingerprint density at radius 3 is 2.62 bits per heavy atom. The number of aromatic nitrogens is 3. The molecule has 7 heteroatoms. The Morgan fingerprint density at radius 2 is 1.90 bits per heavy atom. The molecule has 1 aromatic carbocycles. The van der Waals surface area contributed by atoms with Gasteiger partial charge in [-0.05, 0) is 43.7 Å². The van der Waals surface area contributed by atoms with Crippen LogP contribution in [0.5, 0.6) is 5.75 Å². The zero-order chi connectivity index (χ0) is 20.8. The summed E-state index contributed by atoms with van der Waals surface area (Å²) >= 11 is 0. The summed E-state index contributed by atoms with van der Waals surface area (Å²) in [5, 5.41) is 2.86. The monoisotopic (exact) mass is 392 g/mol. The maximum absolute atomic E-state index is 12.5. The summed E-state index contributed by atoms with van der Waals surface area (Å²) in [5.74, 6) is 1.82. The zero-order valence-electron chi connectivity index (χ0n) is 16.8. The second-order valence-corrected chi connectivity index (χ2v) is 6.77. The molecule has 0 atom stereocenters. The molecule has 0 spiro atoms. The molecule has 0 radical (unpaired) electrons. The van der Waals surface area contributed by atoms with Crippen LogP contribution in [-0.2, 0) is 11.3 Å². The summed E-state index contributed by atoms with van der Waals surface area (Å²) < 4.78 is 7.12. The summed E-state index contributed by atoms with van der Waals surface area (Å²) in [4.78, 5) is 33.2. The van der Waals surface area contributed by atoms with E-state index in [-0.39, 0.29) is 24.5 Å². The van der Waals surface area contributed by atoms with Crippen molar-refractivity contribution in [3.63, 3.8) is 0 Å². The predicted octanol–water partition coefficient (Wildman–Crippen LogP) is 3.17. The average molecular weight is 392 g/mol. The number of Topliss-reactive ketones (excluding diaryl/α,β-unsaturated/α-hetero) is 1. The number of hydrogen-bond donors (Lipinski definition) is 1. The first-order valence-electron chi connectivity index (χ1n) is 9.37. The number of ketones is 1. The molecule has 2 aromatic heterocycles. The number of aryl methyl sites for hydroxylation is 2. The summed E-state index contributed by atoms with van der Waals surface area (Å²) in [6, 6.07) is 9.19. The van der Waals surface area contributed by atoms with E-state index in [1.165, 1.54) is 7.11 Å². The van der Waals surface area contributed by atoms with Gasteiger partial charge >= 0.3 is 0 Å². The Bertz CT molecular complexity index is 1030. The molecule has 0 fully saturated rings. The molecule has 2 heterocycles. The van der Waals surface area contributed by atoms with Gasteiger partial charge in [0.1, 0.15) is 17.4 Å². The summed E-state index contributed by atoms with van der Waals surface area (Å²) in [6.45, 7) is 4.18. The second kappa shape index (κ2) is 9.14. The maximum atomic E-state index is 12.5. The molecule has 7 nitrogen and oxygen atoms in total. The Labute approximate surface area is 169 Å². The van der Waals surface area contributed by atoms with E-state index in [9.17, 15) is 9.59 Å². The number of amides is 1. The van der Waals surface area contributed by atoms with Crippen molar-refractivity contribution >= 4 is 11.7 Å². The van der Waals surface area contributed by atoms with E-state index in [0.29, 0.717) is 17.9 Å². The number of carbonyl (C=O) groups is 2. The third-order valence-electron chi connectivity index (χ3n) is 4.61. The molecule has 3 rings (SSSR count). The number of rotatable bonds is 8. The minimum absolute atomic E-state index is 0.109. The van der Waals surface area contributed by atoms with Crippen LogP contribution in [0.3, 0.4) is 0 Å². The summed E-state index contributed by atoms with van der Waals surface area (Å²) in [5.41, 5.74) is 2.40. The molecule has 0 aliphatic carbocycles. The van der Waals surface area contributed by atoms with E-state index in [0.717, 1.165) is 22.8 Å². The minimum Gasteiger partial charge on any atom is -0.496 e. The van der Waals surface area contributed by atoms with Crippen molar-refractivity contribution in [2.24, 2.45) is 0 Å². The van der Waals surface area contributed by atoms with Crippen LogP contribution in [-0.4, -0.2) is 33.3 Å². The van der Waals surface area contributed by atoms with Crippen LogP contribution >= 0.6 is 0 Å². The SMILES string of the molecule is COc1ccc(C)cc1C(=O)CCC(=O)NCc1ccnc(-n2ccnc2C)c1. The average Bonchev–Trinajstić information content (AvgIpc) is 3.16.